The monoisotopic (exact) mass is 329 g/mol. The third-order valence-corrected chi connectivity index (χ3v) is 3.69. The zero-order valence-electron chi connectivity index (χ0n) is 12.5. The molecule has 1 fully saturated rings. The van der Waals surface area contributed by atoms with Gasteiger partial charge in [-0.1, -0.05) is 0 Å². The van der Waals surface area contributed by atoms with Crippen molar-refractivity contribution in [2.45, 2.75) is 25.0 Å². The van der Waals surface area contributed by atoms with Gasteiger partial charge in [0.2, 0.25) is 0 Å². The number of amides is 1. The number of carbonyl (C=O) groups is 2. The summed E-state index contributed by atoms with van der Waals surface area (Å²) in [5.74, 6) is -3.38. The molecule has 0 saturated carbocycles. The maximum absolute atomic E-state index is 13.5. The van der Waals surface area contributed by atoms with Crippen LogP contribution in [0.1, 0.15) is 12.8 Å². The normalized spacial score (nSPS) is 20.6. The van der Waals surface area contributed by atoms with E-state index in [0.717, 1.165) is 12.1 Å². The fraction of sp³-hybridized carbons (Fsp3) is 0.467. The Morgan fingerprint density at radius 3 is 2.74 bits per heavy atom. The second kappa shape index (κ2) is 7.36. The van der Waals surface area contributed by atoms with Gasteiger partial charge in [-0.2, -0.15) is 0 Å². The predicted octanol–water partition coefficient (Wildman–Crippen LogP) is 1.43. The van der Waals surface area contributed by atoms with Gasteiger partial charge in [-0.25, -0.2) is 8.78 Å². The van der Waals surface area contributed by atoms with Crippen molar-refractivity contribution in [3.63, 3.8) is 0 Å². The van der Waals surface area contributed by atoms with Gasteiger partial charge in [0.15, 0.2) is 18.2 Å². The molecule has 1 amide bonds. The third-order valence-electron chi connectivity index (χ3n) is 3.69. The summed E-state index contributed by atoms with van der Waals surface area (Å²) in [6, 6.07) is 2.28. The second-order valence-corrected chi connectivity index (χ2v) is 5.25. The van der Waals surface area contributed by atoms with Gasteiger partial charge in [0.25, 0.3) is 5.91 Å². The minimum Gasteiger partial charge on any atom is -0.481 e. The highest BCUT2D eigenvalue weighted by molar-refractivity contribution is 5.79. The van der Waals surface area contributed by atoms with Crippen molar-refractivity contribution in [3.05, 3.63) is 29.8 Å². The molecule has 8 heteroatoms. The van der Waals surface area contributed by atoms with Crippen molar-refractivity contribution >= 4 is 11.9 Å². The SMILES string of the molecule is COC1CC(CC(=O)O)N(C(=O)COc2ccc(F)cc2F)C1. The van der Waals surface area contributed by atoms with Crippen molar-refractivity contribution < 1.29 is 33.0 Å². The van der Waals surface area contributed by atoms with Crippen molar-refractivity contribution in [2.24, 2.45) is 0 Å². The minimum atomic E-state index is -1.02. The van der Waals surface area contributed by atoms with Crippen LogP contribution in [0.2, 0.25) is 0 Å². The minimum absolute atomic E-state index is 0.198. The van der Waals surface area contributed by atoms with E-state index >= 15 is 0 Å². The summed E-state index contributed by atoms with van der Waals surface area (Å²) in [7, 11) is 1.49. The number of nitrogens with zero attached hydrogens (tertiary/aromatic N) is 1. The van der Waals surface area contributed by atoms with Crippen molar-refractivity contribution in [1.29, 1.82) is 0 Å². The molecule has 1 saturated heterocycles. The van der Waals surface area contributed by atoms with Crippen LogP contribution >= 0.6 is 0 Å². The second-order valence-electron chi connectivity index (χ2n) is 5.25. The molecule has 1 aliphatic rings. The zero-order valence-corrected chi connectivity index (χ0v) is 12.5. The third kappa shape index (κ3) is 4.38. The molecule has 1 aromatic rings. The van der Waals surface area contributed by atoms with E-state index in [-0.39, 0.29) is 24.8 Å². The van der Waals surface area contributed by atoms with Crippen molar-refractivity contribution in [3.8, 4) is 5.75 Å². The summed E-state index contributed by atoms with van der Waals surface area (Å²) in [6.45, 7) is -0.211. The van der Waals surface area contributed by atoms with Gasteiger partial charge in [-0.05, 0) is 18.6 Å². The fourth-order valence-electron chi connectivity index (χ4n) is 2.56. The van der Waals surface area contributed by atoms with Gasteiger partial charge < -0.3 is 19.5 Å². The Bertz CT molecular complexity index is 595. The summed E-state index contributed by atoms with van der Waals surface area (Å²) in [4.78, 5) is 24.5. The predicted molar refractivity (Wildman–Crippen MR) is 75.0 cm³/mol. The molecule has 23 heavy (non-hydrogen) atoms. The Morgan fingerprint density at radius 2 is 2.13 bits per heavy atom. The lowest BCUT2D eigenvalue weighted by atomic mass is 10.1. The molecule has 2 rings (SSSR count). The van der Waals surface area contributed by atoms with Gasteiger partial charge >= 0.3 is 5.97 Å². The molecule has 1 aliphatic heterocycles. The molecule has 6 nitrogen and oxygen atoms in total. The van der Waals surface area contributed by atoms with Crippen molar-refractivity contribution in [2.75, 3.05) is 20.3 Å². The first-order chi connectivity index (χ1) is 10.9. The molecule has 126 valence electrons. The number of halogens is 2. The lowest BCUT2D eigenvalue weighted by molar-refractivity contribution is -0.140. The number of carbonyl (C=O) groups excluding carboxylic acids is 1. The number of hydrogen-bond acceptors (Lipinski definition) is 4. The first kappa shape index (κ1) is 17.1. The largest absolute Gasteiger partial charge is 0.481 e. The molecule has 0 spiro atoms. The molecule has 1 N–H and O–H groups in total. The average Bonchev–Trinajstić information content (AvgIpc) is 2.88. The number of likely N-dealkylation sites (tertiary alicyclic amines) is 1. The van der Waals surface area contributed by atoms with E-state index in [1.165, 1.54) is 12.0 Å². The van der Waals surface area contributed by atoms with Crippen LogP contribution < -0.4 is 4.74 Å². The summed E-state index contributed by atoms with van der Waals surface area (Å²) >= 11 is 0. The van der Waals surface area contributed by atoms with Crippen LogP contribution in [-0.4, -0.2) is 54.3 Å². The van der Waals surface area contributed by atoms with E-state index in [9.17, 15) is 18.4 Å². The Balaban J connectivity index is 1.99. The number of benzene rings is 1. The fourth-order valence-corrected chi connectivity index (χ4v) is 2.56. The molecular weight excluding hydrogens is 312 g/mol. The van der Waals surface area contributed by atoms with Crippen LogP contribution in [0, 0.1) is 11.6 Å². The topological polar surface area (TPSA) is 76.1 Å². The summed E-state index contributed by atoms with van der Waals surface area (Å²) in [6.07, 6.45) is -0.0264. The van der Waals surface area contributed by atoms with Crippen LogP contribution in [0.5, 0.6) is 5.75 Å². The maximum atomic E-state index is 13.5. The number of carboxylic acids is 1. The number of methoxy groups -OCH3 is 1. The molecule has 1 heterocycles. The van der Waals surface area contributed by atoms with Gasteiger partial charge in [-0.3, -0.25) is 9.59 Å². The maximum Gasteiger partial charge on any atom is 0.305 e. The first-order valence-electron chi connectivity index (χ1n) is 7.02. The average molecular weight is 329 g/mol. The Hall–Kier alpha value is -2.22. The van der Waals surface area contributed by atoms with Gasteiger partial charge in [0.05, 0.1) is 12.5 Å². The van der Waals surface area contributed by atoms with Crippen LogP contribution in [0.15, 0.2) is 18.2 Å². The van der Waals surface area contributed by atoms with Gasteiger partial charge in [0.1, 0.15) is 5.82 Å². The van der Waals surface area contributed by atoms with E-state index in [4.69, 9.17) is 14.6 Å². The number of ether oxygens (including phenoxy) is 2. The lowest BCUT2D eigenvalue weighted by Gasteiger charge is -2.23. The van der Waals surface area contributed by atoms with E-state index < -0.39 is 36.2 Å². The smallest absolute Gasteiger partial charge is 0.305 e. The first-order valence-corrected chi connectivity index (χ1v) is 7.02. The Kier molecular flexibility index (Phi) is 5.49. The summed E-state index contributed by atoms with van der Waals surface area (Å²) in [5.41, 5.74) is 0. The molecule has 2 unspecified atom stereocenters. The highest BCUT2D eigenvalue weighted by Crippen LogP contribution is 2.23. The summed E-state index contributed by atoms with van der Waals surface area (Å²) < 4.78 is 36.5. The molecule has 0 bridgehead atoms. The molecule has 0 aliphatic carbocycles. The lowest BCUT2D eigenvalue weighted by Crippen LogP contribution is -2.40. The van der Waals surface area contributed by atoms with Crippen LogP contribution in [0.3, 0.4) is 0 Å². The van der Waals surface area contributed by atoms with Gasteiger partial charge in [0, 0.05) is 25.8 Å². The molecule has 1 aromatic carbocycles. The van der Waals surface area contributed by atoms with Crippen LogP contribution in [0.4, 0.5) is 8.78 Å². The van der Waals surface area contributed by atoms with Gasteiger partial charge in [-0.15, -0.1) is 0 Å². The van der Waals surface area contributed by atoms with Crippen LogP contribution in [-0.2, 0) is 14.3 Å². The van der Waals surface area contributed by atoms with E-state index in [1.807, 2.05) is 0 Å². The van der Waals surface area contributed by atoms with Crippen LogP contribution in [0.25, 0.3) is 0 Å². The van der Waals surface area contributed by atoms with E-state index in [0.29, 0.717) is 12.5 Å². The number of hydrogen-bond donors (Lipinski definition) is 1. The highest BCUT2D eigenvalue weighted by atomic mass is 19.1. The van der Waals surface area contributed by atoms with E-state index in [1.54, 1.807) is 0 Å². The summed E-state index contributed by atoms with van der Waals surface area (Å²) in [5, 5.41) is 8.91. The Labute approximate surface area is 131 Å². The number of aliphatic carboxylic acids is 1. The molecule has 0 radical (unpaired) electrons. The molecule has 0 aromatic heterocycles. The van der Waals surface area contributed by atoms with E-state index in [2.05, 4.69) is 0 Å². The zero-order chi connectivity index (χ0) is 17.0. The molecule has 2 atom stereocenters. The quantitative estimate of drug-likeness (QED) is 0.854. The van der Waals surface area contributed by atoms with Crippen molar-refractivity contribution in [1.82, 2.24) is 4.90 Å². The molecular formula is C15H17F2NO5. The number of rotatable bonds is 6. The Morgan fingerprint density at radius 1 is 1.39 bits per heavy atom. The number of carboxylic acid groups (broad SMARTS) is 1. The highest BCUT2D eigenvalue weighted by Gasteiger charge is 2.36. The standard InChI is InChI=1S/C15H17F2NO5/c1-22-11-5-10(6-15(20)21)18(7-11)14(19)8-23-13-3-2-9(16)4-12(13)17/h2-4,10-11H,5-8H2,1H3,(H,20,21).